The molecule has 150 valence electrons. The van der Waals surface area contributed by atoms with Crippen LogP contribution in [0.1, 0.15) is 5.56 Å². The SMILES string of the molecule is COc1ccc(SC)cc1CNc1nc(N/C(C=N)=C/NCCO)ncc1F. The second-order valence-electron chi connectivity index (χ2n) is 5.47. The number of anilines is 2. The van der Waals surface area contributed by atoms with Crippen molar-refractivity contribution < 1.29 is 14.2 Å². The lowest BCUT2D eigenvalue weighted by molar-refractivity contribution is 0.298. The fourth-order valence-corrected chi connectivity index (χ4v) is 2.70. The number of nitrogens with zero attached hydrogens (tertiary/aromatic N) is 2. The monoisotopic (exact) mass is 406 g/mol. The Labute approximate surface area is 167 Å². The number of aromatic nitrogens is 2. The zero-order chi connectivity index (χ0) is 20.4. The number of hydrogen-bond donors (Lipinski definition) is 5. The van der Waals surface area contributed by atoms with E-state index in [0.717, 1.165) is 22.9 Å². The molecule has 0 aliphatic rings. The summed E-state index contributed by atoms with van der Waals surface area (Å²) in [5, 5.41) is 24.8. The van der Waals surface area contributed by atoms with Gasteiger partial charge in [0.2, 0.25) is 5.95 Å². The molecule has 0 aliphatic heterocycles. The highest BCUT2D eigenvalue weighted by molar-refractivity contribution is 7.98. The van der Waals surface area contributed by atoms with Gasteiger partial charge in [0.25, 0.3) is 0 Å². The van der Waals surface area contributed by atoms with Gasteiger partial charge in [0.15, 0.2) is 11.6 Å². The summed E-state index contributed by atoms with van der Waals surface area (Å²) in [6.07, 6.45) is 5.59. The Morgan fingerprint density at radius 1 is 1.43 bits per heavy atom. The summed E-state index contributed by atoms with van der Waals surface area (Å²) in [6.45, 7) is 0.618. The van der Waals surface area contributed by atoms with Gasteiger partial charge in [0.1, 0.15) is 5.75 Å². The Hall–Kier alpha value is -2.85. The average Bonchev–Trinajstić information content (AvgIpc) is 2.73. The normalized spacial score (nSPS) is 11.1. The van der Waals surface area contributed by atoms with Crippen molar-refractivity contribution in [3.63, 3.8) is 0 Å². The molecule has 0 bridgehead atoms. The van der Waals surface area contributed by atoms with Crippen molar-refractivity contribution in [1.29, 1.82) is 5.41 Å². The number of aliphatic hydroxyl groups excluding tert-OH is 1. The van der Waals surface area contributed by atoms with Crippen LogP contribution in [0.5, 0.6) is 5.75 Å². The maximum absolute atomic E-state index is 14.1. The smallest absolute Gasteiger partial charge is 0.229 e. The van der Waals surface area contributed by atoms with Crippen molar-refractivity contribution in [2.45, 2.75) is 11.4 Å². The van der Waals surface area contributed by atoms with Gasteiger partial charge < -0.3 is 31.2 Å². The van der Waals surface area contributed by atoms with Crippen molar-refractivity contribution >= 4 is 29.7 Å². The number of nitrogens with one attached hydrogen (secondary N) is 4. The number of methoxy groups -OCH3 is 1. The van der Waals surface area contributed by atoms with Crippen molar-refractivity contribution in [2.24, 2.45) is 0 Å². The molecule has 0 unspecified atom stereocenters. The van der Waals surface area contributed by atoms with E-state index in [9.17, 15) is 4.39 Å². The number of thioether (sulfide) groups is 1. The molecule has 0 atom stereocenters. The molecule has 2 aromatic rings. The molecule has 5 N–H and O–H groups in total. The predicted molar refractivity (Wildman–Crippen MR) is 110 cm³/mol. The Bertz CT molecular complexity index is 834. The second-order valence-corrected chi connectivity index (χ2v) is 6.35. The van der Waals surface area contributed by atoms with Crippen LogP contribution in [0, 0.1) is 11.2 Å². The average molecular weight is 406 g/mol. The Morgan fingerprint density at radius 2 is 2.25 bits per heavy atom. The topological polar surface area (TPSA) is 115 Å². The maximum Gasteiger partial charge on any atom is 0.229 e. The fourth-order valence-electron chi connectivity index (χ4n) is 2.24. The van der Waals surface area contributed by atoms with E-state index in [4.69, 9.17) is 15.3 Å². The zero-order valence-electron chi connectivity index (χ0n) is 15.6. The van der Waals surface area contributed by atoms with Gasteiger partial charge in [-0.1, -0.05) is 0 Å². The van der Waals surface area contributed by atoms with Gasteiger partial charge in [-0.15, -0.1) is 11.8 Å². The van der Waals surface area contributed by atoms with Crippen LogP contribution >= 0.6 is 11.8 Å². The number of ether oxygens (including phenoxy) is 1. The highest BCUT2D eigenvalue weighted by Crippen LogP contribution is 2.25. The summed E-state index contributed by atoms with van der Waals surface area (Å²) in [7, 11) is 1.58. The number of halogens is 1. The first kappa shape index (κ1) is 21.5. The summed E-state index contributed by atoms with van der Waals surface area (Å²) >= 11 is 1.60. The molecule has 0 radical (unpaired) electrons. The van der Waals surface area contributed by atoms with Crippen molar-refractivity contribution in [1.82, 2.24) is 15.3 Å². The van der Waals surface area contributed by atoms with E-state index in [1.165, 1.54) is 6.20 Å². The third-order valence-electron chi connectivity index (χ3n) is 3.60. The third kappa shape index (κ3) is 6.10. The quantitative estimate of drug-likeness (QED) is 0.220. The molecule has 28 heavy (non-hydrogen) atoms. The van der Waals surface area contributed by atoms with E-state index in [-0.39, 0.29) is 18.4 Å². The lowest BCUT2D eigenvalue weighted by atomic mass is 10.2. The number of benzene rings is 1. The second kappa shape index (κ2) is 11.1. The number of hydrogen-bond acceptors (Lipinski definition) is 9. The van der Waals surface area contributed by atoms with Crippen LogP contribution in [0.25, 0.3) is 0 Å². The van der Waals surface area contributed by atoms with Crippen LogP contribution in [-0.4, -0.2) is 47.8 Å². The number of allylic oxidation sites excluding steroid dienone is 1. The lowest BCUT2D eigenvalue weighted by Crippen LogP contribution is -2.15. The minimum atomic E-state index is -0.593. The zero-order valence-corrected chi connectivity index (χ0v) is 16.4. The summed E-state index contributed by atoms with van der Waals surface area (Å²) in [6, 6.07) is 5.79. The minimum Gasteiger partial charge on any atom is -0.496 e. The molecule has 10 heteroatoms. The van der Waals surface area contributed by atoms with Crippen LogP contribution in [0.3, 0.4) is 0 Å². The summed E-state index contributed by atoms with van der Waals surface area (Å²) < 4.78 is 19.5. The molecule has 2 rings (SSSR count). The lowest BCUT2D eigenvalue weighted by Gasteiger charge is -2.13. The molecule has 0 saturated carbocycles. The maximum atomic E-state index is 14.1. The van der Waals surface area contributed by atoms with E-state index in [1.807, 2.05) is 24.5 Å². The van der Waals surface area contributed by atoms with Crippen molar-refractivity contribution in [3.8, 4) is 5.75 Å². The molecule has 8 nitrogen and oxygen atoms in total. The predicted octanol–water partition coefficient (Wildman–Crippen LogP) is 2.44. The Balaban J connectivity index is 2.13. The Kier molecular flexibility index (Phi) is 8.50. The number of aliphatic hydroxyl groups is 1. The summed E-state index contributed by atoms with van der Waals surface area (Å²) in [5.41, 5.74) is 1.23. The van der Waals surface area contributed by atoms with Crippen molar-refractivity contribution in [2.75, 3.05) is 37.2 Å². The standard InChI is InChI=1S/C18H23FN6O2S/c1-27-16-4-3-14(28-2)7-12(16)9-22-17-15(19)11-23-18(25-17)24-13(8-20)10-21-5-6-26/h3-4,7-8,10-11,20-21,26H,5-6,9H2,1-2H3,(H2,22,23,24,25)/b13-10+,20-8?. The first-order valence-corrected chi connectivity index (χ1v) is 9.63. The highest BCUT2D eigenvalue weighted by Gasteiger charge is 2.10. The largest absolute Gasteiger partial charge is 0.496 e. The molecule has 1 heterocycles. The van der Waals surface area contributed by atoms with Gasteiger partial charge in [-0.05, 0) is 24.5 Å². The molecule has 0 amide bonds. The Morgan fingerprint density at radius 3 is 2.93 bits per heavy atom. The summed E-state index contributed by atoms with van der Waals surface area (Å²) in [5.74, 6) is 0.266. The van der Waals surface area contributed by atoms with Crippen LogP contribution in [0.2, 0.25) is 0 Å². The summed E-state index contributed by atoms with van der Waals surface area (Å²) in [4.78, 5) is 9.08. The van der Waals surface area contributed by atoms with Gasteiger partial charge in [-0.25, -0.2) is 9.37 Å². The number of rotatable bonds is 11. The van der Waals surface area contributed by atoms with Crippen LogP contribution in [-0.2, 0) is 6.54 Å². The minimum absolute atomic E-state index is 0.0294. The molecule has 0 aliphatic carbocycles. The molecule has 0 saturated heterocycles. The third-order valence-corrected chi connectivity index (χ3v) is 4.33. The van der Waals surface area contributed by atoms with E-state index in [1.54, 1.807) is 18.9 Å². The van der Waals surface area contributed by atoms with E-state index >= 15 is 0 Å². The molecule has 0 spiro atoms. The molecular formula is C18H23FN6O2S. The van der Waals surface area contributed by atoms with Crippen LogP contribution < -0.4 is 20.7 Å². The highest BCUT2D eigenvalue weighted by atomic mass is 32.2. The van der Waals surface area contributed by atoms with Gasteiger partial charge in [0.05, 0.1) is 25.6 Å². The van der Waals surface area contributed by atoms with E-state index in [0.29, 0.717) is 24.5 Å². The van der Waals surface area contributed by atoms with Gasteiger partial charge in [0, 0.05) is 36.0 Å². The van der Waals surface area contributed by atoms with E-state index in [2.05, 4.69) is 25.9 Å². The van der Waals surface area contributed by atoms with Crippen molar-refractivity contribution in [3.05, 3.63) is 47.7 Å². The van der Waals surface area contributed by atoms with Gasteiger partial charge >= 0.3 is 0 Å². The molecular weight excluding hydrogens is 383 g/mol. The first-order valence-electron chi connectivity index (χ1n) is 8.40. The van der Waals surface area contributed by atoms with Crippen LogP contribution in [0.4, 0.5) is 16.2 Å². The van der Waals surface area contributed by atoms with Gasteiger partial charge in [-0.3, -0.25) is 0 Å². The van der Waals surface area contributed by atoms with Gasteiger partial charge in [-0.2, -0.15) is 4.98 Å². The fraction of sp³-hybridized carbons (Fsp3) is 0.278. The van der Waals surface area contributed by atoms with E-state index < -0.39 is 5.82 Å². The first-order chi connectivity index (χ1) is 13.6. The molecule has 1 aromatic heterocycles. The molecule has 0 fully saturated rings. The molecule has 1 aromatic carbocycles. The van der Waals surface area contributed by atoms with Crippen LogP contribution in [0.15, 0.2) is 41.2 Å².